The van der Waals surface area contributed by atoms with Crippen molar-refractivity contribution in [3.05, 3.63) is 35.5 Å². The lowest BCUT2D eigenvalue weighted by atomic mass is 10.2. The molecule has 106 valence electrons. The Hall–Kier alpha value is -1.67. The molecule has 0 amide bonds. The van der Waals surface area contributed by atoms with Gasteiger partial charge >= 0.3 is 5.97 Å². The number of carboxylic acid groups (broad SMARTS) is 1. The van der Waals surface area contributed by atoms with Gasteiger partial charge in [0.2, 0.25) is 0 Å². The first-order valence-corrected chi connectivity index (χ1v) is 7.14. The van der Waals surface area contributed by atoms with Crippen LogP contribution in [0.2, 0.25) is 0 Å². The lowest BCUT2D eigenvalue weighted by Gasteiger charge is -2.10. The van der Waals surface area contributed by atoms with E-state index in [1.165, 1.54) is 0 Å². The van der Waals surface area contributed by atoms with Crippen LogP contribution in [-0.4, -0.2) is 21.2 Å². The molecule has 0 atom stereocenters. The summed E-state index contributed by atoms with van der Waals surface area (Å²) in [5.41, 5.74) is 0.889. The number of nitrogens with one attached hydrogen (secondary N) is 1. The van der Waals surface area contributed by atoms with Gasteiger partial charge in [0.15, 0.2) is 0 Å². The topological polar surface area (TPSA) is 62.2 Å². The van der Waals surface area contributed by atoms with Gasteiger partial charge in [0.05, 0.1) is 11.4 Å². The van der Waals surface area contributed by atoms with Crippen molar-refractivity contribution in [2.24, 2.45) is 0 Å². The molecule has 0 unspecified atom stereocenters. The minimum atomic E-state index is -2.54. The summed E-state index contributed by atoms with van der Waals surface area (Å²) < 4.78 is 28.9. The van der Waals surface area contributed by atoms with Crippen LogP contribution in [0.15, 0.2) is 29.2 Å². The van der Waals surface area contributed by atoms with E-state index in [0.29, 0.717) is 33.0 Å². The van der Waals surface area contributed by atoms with Gasteiger partial charge in [-0.15, -0.1) is 0 Å². The van der Waals surface area contributed by atoms with Gasteiger partial charge in [-0.3, -0.25) is 0 Å². The van der Waals surface area contributed by atoms with Gasteiger partial charge in [0.25, 0.3) is 5.76 Å². The number of para-hydroxylation sites is 1. The van der Waals surface area contributed by atoms with Crippen LogP contribution in [0.4, 0.5) is 19.5 Å². The van der Waals surface area contributed by atoms with E-state index in [2.05, 4.69) is 9.69 Å². The fourth-order valence-electron chi connectivity index (χ4n) is 1.60. The van der Waals surface area contributed by atoms with Gasteiger partial charge in [-0.1, -0.05) is 23.9 Å². The number of halogens is 2. The molecule has 4 nitrogen and oxygen atoms in total. The van der Waals surface area contributed by atoms with Crippen LogP contribution >= 0.6 is 23.3 Å². The van der Waals surface area contributed by atoms with Crippen molar-refractivity contribution in [1.29, 1.82) is 0 Å². The zero-order chi connectivity index (χ0) is 14.7. The second-order valence-corrected chi connectivity index (χ2v) is 5.58. The van der Waals surface area contributed by atoms with Gasteiger partial charge in [0, 0.05) is 4.90 Å². The Bertz CT molecular complexity index is 632. The van der Waals surface area contributed by atoms with E-state index >= 15 is 0 Å². The number of rotatable bonds is 5. The molecule has 0 aliphatic rings. The van der Waals surface area contributed by atoms with Crippen molar-refractivity contribution in [2.75, 3.05) is 5.32 Å². The summed E-state index contributed by atoms with van der Waals surface area (Å²) in [4.78, 5) is 11.5. The molecular formula is C12H10F2N2O2S2. The molecule has 0 fully saturated rings. The van der Waals surface area contributed by atoms with Gasteiger partial charge < -0.3 is 10.4 Å². The highest BCUT2D eigenvalue weighted by Gasteiger charge is 2.19. The van der Waals surface area contributed by atoms with Crippen LogP contribution in [0.5, 0.6) is 0 Å². The average Bonchev–Trinajstić information content (AvgIpc) is 2.72. The largest absolute Gasteiger partial charge is 0.478 e. The standard InChI is InChI=1S/C12H10F2N2O2S2/c1-6-9(11(17)18)10(20-16-6)15-7-4-2-3-5-8(7)19-12(13)14/h2-5,12,15H,1H3,(H,17,18). The fourth-order valence-corrected chi connectivity index (χ4v) is 2.99. The lowest BCUT2D eigenvalue weighted by molar-refractivity contribution is 0.0697. The number of carboxylic acids is 1. The Morgan fingerprint density at radius 2 is 2.15 bits per heavy atom. The van der Waals surface area contributed by atoms with Gasteiger partial charge in [-0.25, -0.2) is 4.79 Å². The SMILES string of the molecule is Cc1nsc(Nc2ccccc2SC(F)F)c1C(=O)O. The van der Waals surface area contributed by atoms with Crippen LogP contribution in [0, 0.1) is 6.92 Å². The maximum atomic E-state index is 12.5. The number of aryl methyl sites for hydroxylation is 1. The van der Waals surface area contributed by atoms with Crippen molar-refractivity contribution in [1.82, 2.24) is 4.37 Å². The number of carbonyl (C=O) groups is 1. The first-order chi connectivity index (χ1) is 9.49. The van der Waals surface area contributed by atoms with Crippen LogP contribution < -0.4 is 5.32 Å². The molecule has 1 aromatic heterocycles. The molecule has 2 rings (SSSR count). The third-order valence-corrected chi connectivity index (χ3v) is 4.07. The zero-order valence-corrected chi connectivity index (χ0v) is 11.9. The molecule has 0 aliphatic carbocycles. The van der Waals surface area contributed by atoms with Crippen LogP contribution in [-0.2, 0) is 0 Å². The highest BCUT2D eigenvalue weighted by molar-refractivity contribution is 7.99. The van der Waals surface area contributed by atoms with Crippen molar-refractivity contribution in [3.8, 4) is 0 Å². The number of aromatic carboxylic acids is 1. The first kappa shape index (κ1) is 14.7. The summed E-state index contributed by atoms with van der Waals surface area (Å²) in [6, 6.07) is 6.50. The maximum Gasteiger partial charge on any atom is 0.340 e. The number of hydrogen-bond acceptors (Lipinski definition) is 5. The van der Waals surface area contributed by atoms with E-state index < -0.39 is 11.7 Å². The summed E-state index contributed by atoms with van der Waals surface area (Å²) in [7, 11) is 0. The molecule has 1 heterocycles. The molecule has 2 aromatic rings. The number of thioether (sulfide) groups is 1. The average molecular weight is 316 g/mol. The summed E-state index contributed by atoms with van der Waals surface area (Å²) in [6.07, 6.45) is 0. The molecule has 20 heavy (non-hydrogen) atoms. The van der Waals surface area contributed by atoms with E-state index in [1.54, 1.807) is 31.2 Å². The van der Waals surface area contributed by atoms with Crippen molar-refractivity contribution >= 4 is 40.0 Å². The Kier molecular flexibility index (Phi) is 4.56. The van der Waals surface area contributed by atoms with Crippen molar-refractivity contribution in [3.63, 3.8) is 0 Å². The van der Waals surface area contributed by atoms with E-state index in [9.17, 15) is 13.6 Å². The number of alkyl halides is 2. The summed E-state index contributed by atoms with van der Waals surface area (Å²) >= 11 is 1.39. The summed E-state index contributed by atoms with van der Waals surface area (Å²) in [5, 5.41) is 12.3. The fraction of sp³-hybridized carbons (Fsp3) is 0.167. The van der Waals surface area contributed by atoms with Gasteiger partial charge in [-0.05, 0) is 30.6 Å². The van der Waals surface area contributed by atoms with E-state index in [-0.39, 0.29) is 5.56 Å². The zero-order valence-electron chi connectivity index (χ0n) is 10.3. The number of nitrogens with zero attached hydrogens (tertiary/aromatic N) is 1. The first-order valence-electron chi connectivity index (χ1n) is 5.49. The number of aromatic nitrogens is 1. The Balaban J connectivity index is 2.33. The minimum absolute atomic E-state index is 0.0619. The Labute approximate surface area is 122 Å². The normalized spacial score (nSPS) is 10.8. The number of anilines is 2. The monoisotopic (exact) mass is 316 g/mol. The highest BCUT2D eigenvalue weighted by Crippen LogP contribution is 2.35. The van der Waals surface area contributed by atoms with Crippen LogP contribution in [0.3, 0.4) is 0 Å². The molecule has 2 N–H and O–H groups in total. The van der Waals surface area contributed by atoms with Gasteiger partial charge in [-0.2, -0.15) is 13.2 Å². The molecule has 1 aromatic carbocycles. The van der Waals surface area contributed by atoms with E-state index in [1.807, 2.05) is 0 Å². The summed E-state index contributed by atoms with van der Waals surface area (Å²) in [6.45, 7) is 1.59. The predicted octanol–water partition coefficient (Wildman–Crippen LogP) is 4.21. The third-order valence-electron chi connectivity index (χ3n) is 2.43. The minimum Gasteiger partial charge on any atom is -0.478 e. The Morgan fingerprint density at radius 1 is 1.45 bits per heavy atom. The molecule has 8 heteroatoms. The predicted molar refractivity (Wildman–Crippen MR) is 75.4 cm³/mol. The third kappa shape index (κ3) is 3.26. The summed E-state index contributed by atoms with van der Waals surface area (Å²) in [5.74, 6) is -3.64. The molecule has 0 saturated carbocycles. The Morgan fingerprint density at radius 3 is 2.80 bits per heavy atom. The lowest BCUT2D eigenvalue weighted by Crippen LogP contribution is -2.02. The quantitative estimate of drug-likeness (QED) is 0.809. The number of hydrogen-bond donors (Lipinski definition) is 2. The molecule has 0 aliphatic heterocycles. The van der Waals surface area contributed by atoms with E-state index in [0.717, 1.165) is 11.5 Å². The molecule has 0 saturated heterocycles. The molecule has 0 bridgehead atoms. The second-order valence-electron chi connectivity index (χ2n) is 3.78. The van der Waals surface area contributed by atoms with Gasteiger partial charge in [0.1, 0.15) is 10.6 Å². The van der Waals surface area contributed by atoms with Crippen molar-refractivity contribution in [2.45, 2.75) is 17.6 Å². The van der Waals surface area contributed by atoms with Crippen LogP contribution in [0.1, 0.15) is 16.1 Å². The molecule has 0 radical (unpaired) electrons. The maximum absolute atomic E-state index is 12.5. The van der Waals surface area contributed by atoms with Crippen molar-refractivity contribution < 1.29 is 18.7 Å². The van der Waals surface area contributed by atoms with E-state index in [4.69, 9.17) is 5.11 Å². The molecule has 0 spiro atoms. The highest BCUT2D eigenvalue weighted by atomic mass is 32.2. The number of benzene rings is 1. The smallest absolute Gasteiger partial charge is 0.340 e. The molecular weight excluding hydrogens is 306 g/mol. The second kappa shape index (κ2) is 6.19. The van der Waals surface area contributed by atoms with Crippen LogP contribution in [0.25, 0.3) is 0 Å².